The van der Waals surface area contributed by atoms with Crippen LogP contribution in [0.4, 0.5) is 11.4 Å². The second-order valence-corrected chi connectivity index (χ2v) is 6.49. The zero-order valence-corrected chi connectivity index (χ0v) is 16.2. The number of carbonyl (C=O) groups excluding carboxylic acids is 1. The van der Waals surface area contributed by atoms with Crippen molar-refractivity contribution in [1.29, 1.82) is 0 Å². The van der Waals surface area contributed by atoms with Crippen LogP contribution in [0.2, 0.25) is 0 Å². The first-order valence-electron chi connectivity index (χ1n) is 8.81. The first-order valence-corrected chi connectivity index (χ1v) is 8.81. The molecule has 0 aromatic heterocycles. The number of nitrogens with one attached hydrogen (secondary N) is 2. The number of ether oxygens (including phenoxy) is 2. The minimum Gasteiger partial charge on any atom is -0.497 e. The molecule has 2 aromatic carbocycles. The van der Waals surface area contributed by atoms with Crippen molar-refractivity contribution in [2.75, 3.05) is 31.4 Å². The predicted molar refractivity (Wildman–Crippen MR) is 107 cm³/mol. The molecule has 0 spiro atoms. The topological polar surface area (TPSA) is 59.6 Å². The molecule has 0 aliphatic carbocycles. The fourth-order valence-corrected chi connectivity index (χ4v) is 2.83. The molecule has 0 fully saturated rings. The Morgan fingerprint density at radius 3 is 2.54 bits per heavy atom. The third-order valence-electron chi connectivity index (χ3n) is 4.26. The lowest BCUT2D eigenvalue weighted by molar-refractivity contribution is -0.116. The van der Waals surface area contributed by atoms with Gasteiger partial charge in [0.05, 0.1) is 19.9 Å². The maximum Gasteiger partial charge on any atom is 0.226 e. The van der Waals surface area contributed by atoms with Gasteiger partial charge in [0, 0.05) is 24.7 Å². The van der Waals surface area contributed by atoms with Crippen LogP contribution in [0.1, 0.15) is 37.3 Å². The van der Waals surface area contributed by atoms with Crippen molar-refractivity contribution in [3.05, 3.63) is 47.5 Å². The van der Waals surface area contributed by atoms with Crippen LogP contribution < -0.4 is 20.1 Å². The lowest BCUT2D eigenvalue weighted by Crippen LogP contribution is -2.17. The summed E-state index contributed by atoms with van der Waals surface area (Å²) in [5.74, 6) is 1.62. The Bertz CT molecular complexity index is 757. The number of benzene rings is 2. The summed E-state index contributed by atoms with van der Waals surface area (Å²) >= 11 is 0. The number of amides is 1. The van der Waals surface area contributed by atoms with Crippen LogP contribution in [0.25, 0.3) is 0 Å². The number of carbonyl (C=O) groups is 1. The van der Waals surface area contributed by atoms with Crippen molar-refractivity contribution < 1.29 is 14.3 Å². The molecule has 0 saturated heterocycles. The van der Waals surface area contributed by atoms with Gasteiger partial charge in [0.1, 0.15) is 11.5 Å². The summed E-state index contributed by atoms with van der Waals surface area (Å²) in [6, 6.07) is 11.6. The van der Waals surface area contributed by atoms with Crippen LogP contribution in [0.5, 0.6) is 11.5 Å². The number of hydrogen-bond acceptors (Lipinski definition) is 4. The maximum absolute atomic E-state index is 12.3. The van der Waals surface area contributed by atoms with Crippen molar-refractivity contribution in [3.63, 3.8) is 0 Å². The molecule has 140 valence electrons. The van der Waals surface area contributed by atoms with E-state index in [0.29, 0.717) is 36.1 Å². The smallest absolute Gasteiger partial charge is 0.226 e. The fourth-order valence-electron chi connectivity index (χ4n) is 2.83. The van der Waals surface area contributed by atoms with E-state index in [1.807, 2.05) is 0 Å². The number of rotatable bonds is 8. The van der Waals surface area contributed by atoms with Gasteiger partial charge in [-0.3, -0.25) is 4.79 Å². The van der Waals surface area contributed by atoms with E-state index in [-0.39, 0.29) is 5.91 Å². The van der Waals surface area contributed by atoms with Gasteiger partial charge < -0.3 is 20.1 Å². The van der Waals surface area contributed by atoms with E-state index in [1.54, 1.807) is 32.4 Å². The van der Waals surface area contributed by atoms with E-state index < -0.39 is 0 Å². The SMILES string of the molecule is COc1ccc(NC(=O)CCNc2c(C)cccc2C(C)C)c(OC)c1. The number of methoxy groups -OCH3 is 2. The summed E-state index contributed by atoms with van der Waals surface area (Å²) in [5, 5.41) is 6.31. The van der Waals surface area contributed by atoms with Gasteiger partial charge in [-0.25, -0.2) is 0 Å². The highest BCUT2D eigenvalue weighted by Gasteiger charge is 2.11. The van der Waals surface area contributed by atoms with Crippen LogP contribution in [0.15, 0.2) is 36.4 Å². The highest BCUT2D eigenvalue weighted by atomic mass is 16.5. The van der Waals surface area contributed by atoms with Crippen molar-refractivity contribution in [2.24, 2.45) is 0 Å². The Morgan fingerprint density at radius 2 is 1.88 bits per heavy atom. The Morgan fingerprint density at radius 1 is 1.12 bits per heavy atom. The van der Waals surface area contributed by atoms with Gasteiger partial charge >= 0.3 is 0 Å². The summed E-state index contributed by atoms with van der Waals surface area (Å²) in [6.45, 7) is 6.98. The molecule has 2 aromatic rings. The lowest BCUT2D eigenvalue weighted by atomic mass is 9.98. The molecule has 2 N–H and O–H groups in total. The molecule has 2 rings (SSSR count). The highest BCUT2D eigenvalue weighted by molar-refractivity contribution is 5.92. The average Bonchev–Trinajstić information content (AvgIpc) is 2.63. The lowest BCUT2D eigenvalue weighted by Gasteiger charge is -2.17. The van der Waals surface area contributed by atoms with Crippen LogP contribution >= 0.6 is 0 Å². The second kappa shape index (κ2) is 9.13. The molecule has 0 saturated carbocycles. The maximum atomic E-state index is 12.3. The van der Waals surface area contributed by atoms with Gasteiger partial charge in [-0.05, 0) is 36.1 Å². The Hall–Kier alpha value is -2.69. The molecule has 0 aliphatic heterocycles. The molecule has 0 bridgehead atoms. The molecule has 0 radical (unpaired) electrons. The van der Waals surface area contributed by atoms with Gasteiger partial charge in [0.25, 0.3) is 0 Å². The minimum absolute atomic E-state index is 0.0688. The quantitative estimate of drug-likeness (QED) is 0.727. The molecule has 0 heterocycles. The molecule has 26 heavy (non-hydrogen) atoms. The fraction of sp³-hybridized carbons (Fsp3) is 0.381. The second-order valence-electron chi connectivity index (χ2n) is 6.49. The van der Waals surface area contributed by atoms with E-state index in [1.165, 1.54) is 11.1 Å². The van der Waals surface area contributed by atoms with E-state index in [4.69, 9.17) is 9.47 Å². The molecule has 0 aliphatic rings. The third kappa shape index (κ3) is 4.91. The average molecular weight is 356 g/mol. The first-order chi connectivity index (χ1) is 12.5. The van der Waals surface area contributed by atoms with Gasteiger partial charge in [0.2, 0.25) is 5.91 Å². The molecular formula is C21H28N2O3. The van der Waals surface area contributed by atoms with E-state index in [0.717, 1.165) is 5.69 Å². The zero-order chi connectivity index (χ0) is 19.1. The largest absolute Gasteiger partial charge is 0.497 e. The normalized spacial score (nSPS) is 10.5. The molecule has 1 amide bonds. The summed E-state index contributed by atoms with van der Waals surface area (Å²) in [4.78, 5) is 12.3. The minimum atomic E-state index is -0.0688. The van der Waals surface area contributed by atoms with Crippen molar-refractivity contribution >= 4 is 17.3 Å². The standard InChI is InChI=1S/C21H28N2O3/c1-14(2)17-8-6-7-15(3)21(17)22-12-11-20(24)23-18-10-9-16(25-4)13-19(18)26-5/h6-10,13-14,22H,11-12H2,1-5H3,(H,23,24). The van der Waals surface area contributed by atoms with Crippen molar-refractivity contribution in [1.82, 2.24) is 0 Å². The van der Waals surface area contributed by atoms with Gasteiger partial charge in [-0.15, -0.1) is 0 Å². The monoisotopic (exact) mass is 356 g/mol. The summed E-state index contributed by atoms with van der Waals surface area (Å²) in [6.07, 6.45) is 0.362. The van der Waals surface area contributed by atoms with Gasteiger partial charge in [-0.2, -0.15) is 0 Å². The number of aryl methyl sites for hydroxylation is 1. The predicted octanol–water partition coefficient (Wildman–Crippen LogP) is 4.58. The zero-order valence-electron chi connectivity index (χ0n) is 16.2. The number of anilines is 2. The van der Waals surface area contributed by atoms with E-state index in [2.05, 4.69) is 49.6 Å². The van der Waals surface area contributed by atoms with Crippen LogP contribution in [-0.4, -0.2) is 26.7 Å². The Kier molecular flexibility index (Phi) is 6.89. The highest BCUT2D eigenvalue weighted by Crippen LogP contribution is 2.29. The van der Waals surface area contributed by atoms with Crippen LogP contribution in [0, 0.1) is 6.92 Å². The molecular weight excluding hydrogens is 328 g/mol. The molecule has 0 unspecified atom stereocenters. The van der Waals surface area contributed by atoms with Gasteiger partial charge in [0.15, 0.2) is 0 Å². The third-order valence-corrected chi connectivity index (χ3v) is 4.26. The number of hydrogen-bond donors (Lipinski definition) is 2. The molecule has 0 atom stereocenters. The van der Waals surface area contributed by atoms with Crippen LogP contribution in [0.3, 0.4) is 0 Å². The summed E-state index contributed by atoms with van der Waals surface area (Å²) < 4.78 is 10.5. The van der Waals surface area contributed by atoms with Gasteiger partial charge in [-0.1, -0.05) is 32.0 Å². The van der Waals surface area contributed by atoms with Crippen LogP contribution in [-0.2, 0) is 4.79 Å². The van der Waals surface area contributed by atoms with E-state index in [9.17, 15) is 4.79 Å². The van der Waals surface area contributed by atoms with Crippen molar-refractivity contribution in [3.8, 4) is 11.5 Å². The number of para-hydroxylation sites is 1. The Balaban J connectivity index is 1.96. The molecule has 5 nitrogen and oxygen atoms in total. The summed E-state index contributed by atoms with van der Waals surface area (Å²) in [5.41, 5.74) is 4.21. The van der Waals surface area contributed by atoms with Crippen molar-refractivity contribution in [2.45, 2.75) is 33.1 Å². The molecule has 5 heteroatoms. The van der Waals surface area contributed by atoms with E-state index >= 15 is 0 Å². The first kappa shape index (κ1) is 19.6. The summed E-state index contributed by atoms with van der Waals surface area (Å²) in [7, 11) is 3.16. The Labute approximate surface area is 155 Å².